The first-order valence-corrected chi connectivity index (χ1v) is 12.9. The Balaban J connectivity index is 1.27. The summed E-state index contributed by atoms with van der Waals surface area (Å²) in [6.45, 7) is 4.58. The van der Waals surface area contributed by atoms with E-state index in [0.717, 1.165) is 17.1 Å². The van der Waals surface area contributed by atoms with Crippen molar-refractivity contribution in [1.82, 2.24) is 19.9 Å². The highest BCUT2D eigenvalue weighted by Crippen LogP contribution is 2.36. The molecule has 1 aliphatic heterocycles. The van der Waals surface area contributed by atoms with Crippen molar-refractivity contribution in [1.29, 1.82) is 0 Å². The lowest BCUT2D eigenvalue weighted by Gasteiger charge is -2.33. The van der Waals surface area contributed by atoms with Gasteiger partial charge < -0.3 is 20.5 Å². The van der Waals surface area contributed by atoms with Crippen molar-refractivity contribution in [3.05, 3.63) is 81.4 Å². The van der Waals surface area contributed by atoms with E-state index in [1.54, 1.807) is 24.5 Å². The Morgan fingerprint density at radius 1 is 1.00 bits per heavy atom. The maximum absolute atomic E-state index is 12.7. The number of nitrogens with zero attached hydrogens (tertiary/aromatic N) is 3. The van der Waals surface area contributed by atoms with Crippen LogP contribution in [0, 0.1) is 6.92 Å². The standard InChI is InChI=1S/C28H29ClN6O/c1-17-14-21(2-5-23(17)18-8-12-35(13-9-18)22-3-4-22)32-27-26-19(6-10-31-28(26)36)15-25(34-27)33-24-16-20(29)7-11-30-24/h2,5-7,10-11,14-16,18,22H,3-4,8-9,12-13H2,1H3,(H,31,36)(H2,30,32,33,34). The summed E-state index contributed by atoms with van der Waals surface area (Å²) in [6.07, 6.45) is 8.47. The number of rotatable bonds is 6. The minimum atomic E-state index is -0.189. The van der Waals surface area contributed by atoms with Gasteiger partial charge in [0.25, 0.3) is 5.56 Å². The molecule has 0 unspecified atom stereocenters. The van der Waals surface area contributed by atoms with Gasteiger partial charge in [-0.2, -0.15) is 0 Å². The lowest BCUT2D eigenvalue weighted by Crippen LogP contribution is -2.34. The highest BCUT2D eigenvalue weighted by molar-refractivity contribution is 6.30. The monoisotopic (exact) mass is 500 g/mol. The number of anilines is 4. The number of benzene rings is 1. The second kappa shape index (κ2) is 9.56. The van der Waals surface area contributed by atoms with Crippen LogP contribution in [0.5, 0.6) is 0 Å². The maximum atomic E-state index is 12.7. The van der Waals surface area contributed by atoms with Crippen LogP contribution in [-0.2, 0) is 0 Å². The van der Waals surface area contributed by atoms with Crippen molar-refractivity contribution in [3.63, 3.8) is 0 Å². The fourth-order valence-corrected chi connectivity index (χ4v) is 5.50. The molecule has 1 saturated carbocycles. The Morgan fingerprint density at radius 2 is 1.83 bits per heavy atom. The first-order chi connectivity index (χ1) is 17.5. The summed E-state index contributed by atoms with van der Waals surface area (Å²) in [5, 5.41) is 8.47. The van der Waals surface area contributed by atoms with Gasteiger partial charge in [-0.05, 0) is 105 Å². The van der Waals surface area contributed by atoms with E-state index < -0.39 is 0 Å². The molecule has 0 spiro atoms. The number of aryl methyl sites for hydroxylation is 1. The number of H-pyrrole nitrogens is 1. The van der Waals surface area contributed by atoms with Gasteiger partial charge in [0.2, 0.25) is 0 Å². The number of aromatic amines is 1. The number of hydrogen-bond acceptors (Lipinski definition) is 6. The Hall–Kier alpha value is -3.42. The lowest BCUT2D eigenvalue weighted by molar-refractivity contribution is 0.203. The molecule has 4 aromatic rings. The average molecular weight is 501 g/mol. The van der Waals surface area contributed by atoms with Crippen molar-refractivity contribution in [3.8, 4) is 0 Å². The van der Waals surface area contributed by atoms with E-state index in [2.05, 4.69) is 50.6 Å². The molecule has 0 radical (unpaired) electrons. The summed E-state index contributed by atoms with van der Waals surface area (Å²) in [5.74, 6) is 2.25. The summed E-state index contributed by atoms with van der Waals surface area (Å²) >= 11 is 6.11. The molecule has 184 valence electrons. The van der Waals surface area contributed by atoms with Gasteiger partial charge in [-0.15, -0.1) is 0 Å². The van der Waals surface area contributed by atoms with Crippen molar-refractivity contribution in [2.75, 3.05) is 23.7 Å². The minimum absolute atomic E-state index is 0.189. The summed E-state index contributed by atoms with van der Waals surface area (Å²) in [5.41, 5.74) is 3.40. The minimum Gasteiger partial charge on any atom is -0.339 e. The van der Waals surface area contributed by atoms with Crippen molar-refractivity contribution in [2.45, 2.75) is 44.6 Å². The number of fused-ring (bicyclic) bond motifs is 1. The molecule has 0 bridgehead atoms. The summed E-state index contributed by atoms with van der Waals surface area (Å²) in [7, 11) is 0. The van der Waals surface area contributed by atoms with Crippen molar-refractivity contribution >= 4 is 45.5 Å². The number of piperidine rings is 1. The molecule has 8 heteroatoms. The molecule has 0 atom stereocenters. The number of pyridine rings is 3. The summed E-state index contributed by atoms with van der Waals surface area (Å²) in [4.78, 5) is 27.2. The molecular formula is C28H29ClN6O. The SMILES string of the molecule is Cc1cc(Nc2nc(Nc3cc(Cl)ccn3)cc3cc[nH]c(=O)c23)ccc1C1CCN(C2CC2)CC1. The normalized spacial score (nSPS) is 16.8. The van der Waals surface area contributed by atoms with Crippen LogP contribution < -0.4 is 16.2 Å². The molecular weight excluding hydrogens is 472 g/mol. The number of aromatic nitrogens is 3. The van der Waals surface area contributed by atoms with Crippen LogP contribution in [0.25, 0.3) is 10.8 Å². The predicted octanol–water partition coefficient (Wildman–Crippen LogP) is 6.11. The molecule has 2 fully saturated rings. The third-order valence-corrected chi connectivity index (χ3v) is 7.53. The quantitative estimate of drug-likeness (QED) is 0.296. The summed E-state index contributed by atoms with van der Waals surface area (Å²) in [6, 6.07) is 14.5. The Bertz CT molecular complexity index is 1470. The number of likely N-dealkylation sites (tertiary alicyclic amines) is 1. The molecule has 1 saturated heterocycles. The van der Waals surface area contributed by atoms with Gasteiger partial charge in [0.05, 0.1) is 5.39 Å². The van der Waals surface area contributed by atoms with Gasteiger partial charge in [0.1, 0.15) is 17.5 Å². The molecule has 0 amide bonds. The van der Waals surface area contributed by atoms with Gasteiger partial charge in [-0.25, -0.2) is 9.97 Å². The zero-order chi connectivity index (χ0) is 24.6. The molecule has 1 aliphatic carbocycles. The zero-order valence-corrected chi connectivity index (χ0v) is 21.0. The van der Waals surface area contributed by atoms with Gasteiger partial charge in [-0.1, -0.05) is 17.7 Å². The van der Waals surface area contributed by atoms with E-state index in [1.165, 1.54) is 49.9 Å². The molecule has 6 rings (SSSR count). The fourth-order valence-electron chi connectivity index (χ4n) is 5.34. The smallest absolute Gasteiger partial charge is 0.259 e. The van der Waals surface area contributed by atoms with Crippen LogP contribution in [0.4, 0.5) is 23.1 Å². The van der Waals surface area contributed by atoms with Crippen LogP contribution in [0.15, 0.2) is 59.7 Å². The van der Waals surface area contributed by atoms with E-state index >= 15 is 0 Å². The molecule has 3 aromatic heterocycles. The molecule has 7 nitrogen and oxygen atoms in total. The van der Waals surface area contributed by atoms with Crippen LogP contribution in [-0.4, -0.2) is 39.0 Å². The van der Waals surface area contributed by atoms with Gasteiger partial charge in [-0.3, -0.25) is 4.79 Å². The first-order valence-electron chi connectivity index (χ1n) is 12.6. The van der Waals surface area contributed by atoms with E-state index in [-0.39, 0.29) is 5.56 Å². The van der Waals surface area contributed by atoms with Crippen LogP contribution >= 0.6 is 11.6 Å². The van der Waals surface area contributed by atoms with Crippen molar-refractivity contribution in [2.24, 2.45) is 0 Å². The first kappa shape index (κ1) is 23.0. The predicted molar refractivity (Wildman–Crippen MR) is 146 cm³/mol. The third kappa shape index (κ3) is 4.81. The number of hydrogen-bond donors (Lipinski definition) is 3. The topological polar surface area (TPSA) is 85.9 Å². The highest BCUT2D eigenvalue weighted by atomic mass is 35.5. The number of nitrogens with one attached hydrogen (secondary N) is 3. The van der Waals surface area contributed by atoms with Crippen LogP contribution in [0.3, 0.4) is 0 Å². The van der Waals surface area contributed by atoms with Crippen LogP contribution in [0.2, 0.25) is 5.02 Å². The van der Waals surface area contributed by atoms with Gasteiger partial charge in [0, 0.05) is 29.1 Å². The Kier molecular flexibility index (Phi) is 6.11. The zero-order valence-electron chi connectivity index (χ0n) is 20.2. The third-order valence-electron chi connectivity index (χ3n) is 7.30. The molecule has 2 aliphatic rings. The van der Waals surface area contributed by atoms with Gasteiger partial charge >= 0.3 is 0 Å². The Morgan fingerprint density at radius 3 is 2.58 bits per heavy atom. The second-order valence-corrected chi connectivity index (χ2v) is 10.3. The summed E-state index contributed by atoms with van der Waals surface area (Å²) < 4.78 is 0. The highest BCUT2D eigenvalue weighted by Gasteiger charge is 2.32. The largest absolute Gasteiger partial charge is 0.339 e. The molecule has 1 aromatic carbocycles. The number of halogens is 1. The second-order valence-electron chi connectivity index (χ2n) is 9.85. The fraction of sp³-hybridized carbons (Fsp3) is 0.321. The molecule has 36 heavy (non-hydrogen) atoms. The van der Waals surface area contributed by atoms with E-state index in [4.69, 9.17) is 16.6 Å². The van der Waals surface area contributed by atoms with E-state index in [9.17, 15) is 4.79 Å². The molecule has 4 heterocycles. The Labute approximate surface area is 214 Å². The maximum Gasteiger partial charge on any atom is 0.259 e. The average Bonchev–Trinajstić information content (AvgIpc) is 3.70. The van der Waals surface area contributed by atoms with Crippen LogP contribution in [0.1, 0.15) is 42.7 Å². The van der Waals surface area contributed by atoms with Crippen molar-refractivity contribution < 1.29 is 0 Å². The molecule has 3 N–H and O–H groups in total. The lowest BCUT2D eigenvalue weighted by atomic mass is 9.86. The van der Waals surface area contributed by atoms with E-state index in [1.807, 2.05) is 12.1 Å². The van der Waals surface area contributed by atoms with Gasteiger partial charge in [0.15, 0.2) is 0 Å². The van der Waals surface area contributed by atoms with E-state index in [0.29, 0.717) is 33.8 Å².